The molecule has 7 heteroatoms. The highest BCUT2D eigenvalue weighted by molar-refractivity contribution is 7.13. The number of halogens is 1. The maximum absolute atomic E-state index is 12.5. The molecule has 0 spiro atoms. The Morgan fingerprint density at radius 1 is 1.28 bits per heavy atom. The molecule has 4 rings (SSSR count). The van der Waals surface area contributed by atoms with E-state index in [1.54, 1.807) is 6.07 Å². The summed E-state index contributed by atoms with van der Waals surface area (Å²) >= 11 is 7.46. The molecule has 3 aromatic rings. The van der Waals surface area contributed by atoms with Crippen LogP contribution in [0.5, 0.6) is 0 Å². The van der Waals surface area contributed by atoms with Crippen LogP contribution in [-0.2, 0) is 16.0 Å². The highest BCUT2D eigenvalue weighted by atomic mass is 35.5. The number of Topliss-reactive ketones (excluding diaryl/α,β-unsaturated/α-hetero) is 1. The van der Waals surface area contributed by atoms with E-state index in [4.69, 9.17) is 16.3 Å². The number of ether oxygens (including phenoxy) is 1. The van der Waals surface area contributed by atoms with Crippen LogP contribution in [0, 0.1) is 13.8 Å². The average molecular weight is 429 g/mol. The zero-order valence-corrected chi connectivity index (χ0v) is 17.8. The number of thiazole rings is 1. The number of benzene rings is 1. The van der Waals surface area contributed by atoms with E-state index in [-0.39, 0.29) is 18.8 Å². The molecular weight excluding hydrogens is 408 g/mol. The van der Waals surface area contributed by atoms with Crippen LogP contribution in [0.3, 0.4) is 0 Å². The average Bonchev–Trinajstić information content (AvgIpc) is 3.33. The number of hydrogen-bond acceptors (Lipinski definition) is 5. The third-order valence-electron chi connectivity index (χ3n) is 5.01. The van der Waals surface area contributed by atoms with Crippen molar-refractivity contribution >= 4 is 34.7 Å². The third-order valence-corrected chi connectivity index (χ3v) is 6.19. The monoisotopic (exact) mass is 428 g/mol. The summed E-state index contributed by atoms with van der Waals surface area (Å²) in [5.41, 5.74) is 4.20. The van der Waals surface area contributed by atoms with Gasteiger partial charge in [-0.15, -0.1) is 11.3 Å². The van der Waals surface area contributed by atoms with Gasteiger partial charge in [0.2, 0.25) is 5.78 Å². The van der Waals surface area contributed by atoms with Crippen molar-refractivity contribution in [2.75, 3.05) is 6.61 Å². The lowest BCUT2D eigenvalue weighted by Crippen LogP contribution is -2.16. The van der Waals surface area contributed by atoms with E-state index in [1.807, 2.05) is 43.5 Å². The van der Waals surface area contributed by atoms with Gasteiger partial charge in [0.25, 0.3) is 0 Å². The molecule has 1 aliphatic carbocycles. The molecule has 0 amide bonds. The molecular formula is C22H21ClN2O3S. The zero-order valence-electron chi connectivity index (χ0n) is 16.3. The van der Waals surface area contributed by atoms with Crippen molar-refractivity contribution in [3.8, 4) is 10.6 Å². The van der Waals surface area contributed by atoms with E-state index in [9.17, 15) is 9.59 Å². The smallest absolute Gasteiger partial charge is 0.312 e. The second-order valence-corrected chi connectivity index (χ2v) is 8.60. The van der Waals surface area contributed by atoms with Gasteiger partial charge in [0.1, 0.15) is 5.01 Å². The first kappa shape index (κ1) is 19.9. The summed E-state index contributed by atoms with van der Waals surface area (Å²) in [6, 6.07) is 9.82. The van der Waals surface area contributed by atoms with Crippen molar-refractivity contribution in [2.45, 2.75) is 39.2 Å². The summed E-state index contributed by atoms with van der Waals surface area (Å²) in [4.78, 5) is 29.2. The van der Waals surface area contributed by atoms with Crippen LogP contribution < -0.4 is 0 Å². The number of nitrogens with zero attached hydrogens (tertiary/aromatic N) is 2. The number of aromatic nitrogens is 2. The predicted molar refractivity (Wildman–Crippen MR) is 114 cm³/mol. The summed E-state index contributed by atoms with van der Waals surface area (Å²) in [7, 11) is 0. The van der Waals surface area contributed by atoms with Gasteiger partial charge in [0.05, 0.1) is 12.1 Å². The fourth-order valence-electron chi connectivity index (χ4n) is 3.52. The largest absolute Gasteiger partial charge is 0.457 e. The molecule has 0 bridgehead atoms. The van der Waals surface area contributed by atoms with Gasteiger partial charge < -0.3 is 9.30 Å². The van der Waals surface area contributed by atoms with Gasteiger partial charge in [0.15, 0.2) is 6.61 Å². The van der Waals surface area contributed by atoms with Crippen molar-refractivity contribution in [3.63, 3.8) is 0 Å². The van der Waals surface area contributed by atoms with E-state index in [2.05, 4.69) is 9.55 Å². The van der Waals surface area contributed by atoms with E-state index in [1.165, 1.54) is 11.3 Å². The molecule has 150 valence electrons. The second kappa shape index (κ2) is 8.13. The minimum Gasteiger partial charge on any atom is -0.457 e. The van der Waals surface area contributed by atoms with Crippen LogP contribution in [0.2, 0.25) is 5.02 Å². The van der Waals surface area contributed by atoms with Crippen LogP contribution in [0.1, 0.15) is 46.3 Å². The number of ketones is 1. The van der Waals surface area contributed by atoms with Crippen molar-refractivity contribution in [3.05, 3.63) is 63.4 Å². The Morgan fingerprint density at radius 2 is 2.07 bits per heavy atom. The van der Waals surface area contributed by atoms with Gasteiger partial charge in [-0.2, -0.15) is 0 Å². The fourth-order valence-corrected chi connectivity index (χ4v) is 4.53. The SMILES string of the molecule is Cc1cc(C(=O)COC(=O)Cc2csc(-c3cccc(Cl)c3)n2)c(C)n1C1CC1. The molecule has 0 N–H and O–H groups in total. The number of aryl methyl sites for hydroxylation is 1. The Hall–Kier alpha value is -2.44. The minimum atomic E-state index is -0.461. The number of carbonyl (C=O) groups excluding carboxylic acids is 2. The van der Waals surface area contributed by atoms with Crippen LogP contribution in [0.4, 0.5) is 0 Å². The van der Waals surface area contributed by atoms with Crippen molar-refractivity contribution in [2.24, 2.45) is 0 Å². The summed E-state index contributed by atoms with van der Waals surface area (Å²) in [6.07, 6.45) is 2.35. The summed E-state index contributed by atoms with van der Waals surface area (Å²) in [5, 5.41) is 3.25. The number of esters is 1. The number of rotatable bonds is 7. The van der Waals surface area contributed by atoms with E-state index in [0.29, 0.717) is 22.3 Å². The lowest BCUT2D eigenvalue weighted by molar-refractivity contribution is -0.141. The van der Waals surface area contributed by atoms with Gasteiger partial charge in [-0.25, -0.2) is 4.98 Å². The molecule has 5 nitrogen and oxygen atoms in total. The summed E-state index contributed by atoms with van der Waals surface area (Å²) in [5.74, 6) is -0.631. The normalized spacial score (nSPS) is 13.5. The first-order valence-electron chi connectivity index (χ1n) is 9.50. The van der Waals surface area contributed by atoms with Crippen LogP contribution >= 0.6 is 22.9 Å². The maximum Gasteiger partial charge on any atom is 0.312 e. The van der Waals surface area contributed by atoms with Gasteiger partial charge in [0, 0.05) is 39.0 Å². The molecule has 1 aromatic carbocycles. The Kier molecular flexibility index (Phi) is 5.56. The molecule has 0 radical (unpaired) electrons. The lowest BCUT2D eigenvalue weighted by Gasteiger charge is -2.07. The molecule has 2 heterocycles. The second-order valence-electron chi connectivity index (χ2n) is 7.30. The highest BCUT2D eigenvalue weighted by Gasteiger charge is 2.28. The third kappa shape index (κ3) is 4.43. The molecule has 0 atom stereocenters. The highest BCUT2D eigenvalue weighted by Crippen LogP contribution is 2.38. The Morgan fingerprint density at radius 3 is 2.79 bits per heavy atom. The van der Waals surface area contributed by atoms with Gasteiger partial charge in [-0.3, -0.25) is 9.59 Å². The lowest BCUT2D eigenvalue weighted by atomic mass is 10.1. The molecule has 0 saturated heterocycles. The van der Waals surface area contributed by atoms with Crippen LogP contribution in [0.15, 0.2) is 35.7 Å². The molecule has 2 aromatic heterocycles. The van der Waals surface area contributed by atoms with Crippen molar-refractivity contribution < 1.29 is 14.3 Å². The zero-order chi connectivity index (χ0) is 20.5. The standard InChI is InChI=1S/C22H21ClN2O3S/c1-13-8-19(14(2)25(13)18-6-7-18)20(26)11-28-21(27)10-17-12-29-22(24-17)15-4-3-5-16(23)9-15/h3-5,8-9,12,18H,6-7,10-11H2,1-2H3. The Labute approximate surface area is 178 Å². The fraction of sp³-hybridized carbons (Fsp3) is 0.318. The summed E-state index contributed by atoms with van der Waals surface area (Å²) < 4.78 is 7.43. The molecule has 1 aliphatic rings. The quantitative estimate of drug-likeness (QED) is 0.384. The predicted octanol–water partition coefficient (Wildman–Crippen LogP) is 5.19. The van der Waals surface area contributed by atoms with Crippen LogP contribution in [0.25, 0.3) is 10.6 Å². The van der Waals surface area contributed by atoms with Gasteiger partial charge in [-0.05, 0) is 44.9 Å². The number of hydrogen-bond donors (Lipinski definition) is 0. The Bertz CT molecular complexity index is 1080. The molecule has 1 fully saturated rings. The first-order chi connectivity index (χ1) is 13.9. The Balaban J connectivity index is 1.35. The first-order valence-corrected chi connectivity index (χ1v) is 10.8. The van der Waals surface area contributed by atoms with E-state index < -0.39 is 5.97 Å². The van der Waals surface area contributed by atoms with E-state index in [0.717, 1.165) is 34.8 Å². The summed E-state index contributed by atoms with van der Waals surface area (Å²) in [6.45, 7) is 3.71. The van der Waals surface area contributed by atoms with Gasteiger partial charge >= 0.3 is 5.97 Å². The molecule has 0 unspecified atom stereocenters. The topological polar surface area (TPSA) is 61.2 Å². The number of carbonyl (C=O) groups is 2. The maximum atomic E-state index is 12.5. The molecule has 1 saturated carbocycles. The van der Waals surface area contributed by atoms with Crippen molar-refractivity contribution in [1.82, 2.24) is 9.55 Å². The molecule has 0 aliphatic heterocycles. The minimum absolute atomic E-state index is 0.0332. The molecule has 29 heavy (non-hydrogen) atoms. The van der Waals surface area contributed by atoms with Crippen molar-refractivity contribution in [1.29, 1.82) is 0 Å². The van der Waals surface area contributed by atoms with Gasteiger partial charge in [-0.1, -0.05) is 23.7 Å². The van der Waals surface area contributed by atoms with Crippen LogP contribution in [-0.4, -0.2) is 27.9 Å². The van der Waals surface area contributed by atoms with E-state index >= 15 is 0 Å².